The molecule has 1 unspecified atom stereocenters. The third kappa shape index (κ3) is 3.48. The quantitative estimate of drug-likeness (QED) is 0.827. The minimum absolute atomic E-state index is 0.0209. The van der Waals surface area contributed by atoms with Crippen LogP contribution in [0.5, 0.6) is 0 Å². The Morgan fingerprint density at radius 3 is 2.58 bits per heavy atom. The van der Waals surface area contributed by atoms with E-state index < -0.39 is 34.4 Å². The number of Topliss-reactive ketones (excluding diaryl/α,β-unsaturated/α-hetero) is 1. The molecular formula is C17H12F3N3O2S. The molecule has 1 N–H and O–H groups in total. The van der Waals surface area contributed by atoms with Gasteiger partial charge < -0.3 is 4.90 Å². The van der Waals surface area contributed by atoms with Gasteiger partial charge in [-0.2, -0.15) is 13.2 Å². The van der Waals surface area contributed by atoms with E-state index in [0.717, 1.165) is 23.4 Å². The molecule has 5 nitrogen and oxygen atoms in total. The molecule has 1 saturated heterocycles. The SMILES string of the molecule is N=C1SC(C(=O)c2cnccc2C(F)(F)F)N(Cc2ccccc2)C1=O. The Morgan fingerprint density at radius 2 is 1.92 bits per heavy atom. The third-order valence-corrected chi connectivity index (χ3v) is 4.88. The molecule has 0 saturated carbocycles. The van der Waals surface area contributed by atoms with Gasteiger partial charge in [-0.05, 0) is 11.6 Å². The van der Waals surface area contributed by atoms with Crippen molar-refractivity contribution in [3.8, 4) is 0 Å². The first-order valence-corrected chi connectivity index (χ1v) is 8.32. The number of ketones is 1. The van der Waals surface area contributed by atoms with Crippen LogP contribution in [0.15, 0.2) is 48.8 Å². The minimum atomic E-state index is -4.72. The molecule has 0 radical (unpaired) electrons. The van der Waals surface area contributed by atoms with E-state index in [-0.39, 0.29) is 11.6 Å². The van der Waals surface area contributed by atoms with Crippen LogP contribution in [0.2, 0.25) is 0 Å². The van der Waals surface area contributed by atoms with E-state index in [2.05, 4.69) is 4.98 Å². The smallest absolute Gasteiger partial charge is 0.313 e. The van der Waals surface area contributed by atoms with Crippen LogP contribution in [-0.2, 0) is 17.5 Å². The summed E-state index contributed by atoms with van der Waals surface area (Å²) in [5, 5.41) is 6.08. The summed E-state index contributed by atoms with van der Waals surface area (Å²) in [6.07, 6.45) is -2.92. The first-order chi connectivity index (χ1) is 12.3. The van der Waals surface area contributed by atoms with Gasteiger partial charge in [-0.1, -0.05) is 42.1 Å². The van der Waals surface area contributed by atoms with Gasteiger partial charge in [0.1, 0.15) is 5.37 Å². The summed E-state index contributed by atoms with van der Waals surface area (Å²) in [5.74, 6) is -1.59. The molecule has 1 atom stereocenters. The minimum Gasteiger partial charge on any atom is -0.313 e. The zero-order chi connectivity index (χ0) is 18.9. The lowest BCUT2D eigenvalue weighted by atomic mass is 10.1. The van der Waals surface area contributed by atoms with Gasteiger partial charge in [0.05, 0.1) is 11.1 Å². The van der Waals surface area contributed by atoms with Crippen molar-refractivity contribution in [2.24, 2.45) is 0 Å². The number of carbonyl (C=O) groups is 2. The number of nitrogens with one attached hydrogen (secondary N) is 1. The number of hydrogen-bond acceptors (Lipinski definition) is 5. The van der Waals surface area contributed by atoms with E-state index in [0.29, 0.717) is 17.3 Å². The lowest BCUT2D eigenvalue weighted by Gasteiger charge is -2.23. The Bertz CT molecular complexity index is 871. The molecule has 2 aromatic rings. The molecule has 26 heavy (non-hydrogen) atoms. The number of amides is 1. The third-order valence-electron chi connectivity index (χ3n) is 3.78. The van der Waals surface area contributed by atoms with Gasteiger partial charge >= 0.3 is 6.18 Å². The molecule has 1 amide bonds. The summed E-state index contributed by atoms with van der Waals surface area (Å²) in [5.41, 5.74) is -1.02. The highest BCUT2D eigenvalue weighted by molar-refractivity contribution is 8.17. The van der Waals surface area contributed by atoms with E-state index in [4.69, 9.17) is 5.41 Å². The van der Waals surface area contributed by atoms with Gasteiger partial charge in [0.2, 0.25) is 0 Å². The molecule has 0 bridgehead atoms. The highest BCUT2D eigenvalue weighted by Crippen LogP contribution is 2.36. The summed E-state index contributed by atoms with van der Waals surface area (Å²) >= 11 is 0.638. The van der Waals surface area contributed by atoms with E-state index in [1.165, 1.54) is 0 Å². The summed E-state index contributed by atoms with van der Waals surface area (Å²) in [4.78, 5) is 29.7. The topological polar surface area (TPSA) is 74.1 Å². The number of thioether (sulfide) groups is 1. The van der Waals surface area contributed by atoms with Gasteiger partial charge in [-0.3, -0.25) is 20.0 Å². The number of pyridine rings is 1. The Labute approximate surface area is 150 Å². The fraction of sp³-hybridized carbons (Fsp3) is 0.176. The van der Waals surface area contributed by atoms with Crippen molar-refractivity contribution >= 4 is 28.5 Å². The Morgan fingerprint density at radius 1 is 1.23 bits per heavy atom. The number of alkyl halides is 3. The van der Waals surface area contributed by atoms with Crippen molar-refractivity contribution in [3.05, 3.63) is 65.5 Å². The van der Waals surface area contributed by atoms with Gasteiger partial charge in [-0.15, -0.1) is 0 Å². The number of halogens is 3. The predicted molar refractivity (Wildman–Crippen MR) is 89.7 cm³/mol. The van der Waals surface area contributed by atoms with Crippen LogP contribution in [0.25, 0.3) is 0 Å². The standard InChI is InChI=1S/C17H12F3N3O2S/c18-17(19,20)12-6-7-22-8-11(12)13(24)16-23(15(25)14(21)26-16)9-10-4-2-1-3-5-10/h1-8,16,21H,9H2. The monoisotopic (exact) mass is 379 g/mol. The first kappa shape index (κ1) is 18.1. The number of rotatable bonds is 4. The van der Waals surface area contributed by atoms with Gasteiger partial charge in [0.15, 0.2) is 10.8 Å². The Kier molecular flexibility index (Phi) is 4.82. The first-order valence-electron chi connectivity index (χ1n) is 7.44. The normalized spacial score (nSPS) is 17.7. The zero-order valence-electron chi connectivity index (χ0n) is 13.2. The van der Waals surface area contributed by atoms with E-state index >= 15 is 0 Å². The van der Waals surface area contributed by atoms with Crippen LogP contribution < -0.4 is 0 Å². The van der Waals surface area contributed by atoms with E-state index in [1.54, 1.807) is 30.3 Å². The summed E-state index contributed by atoms with van der Waals surface area (Å²) in [6.45, 7) is 0.0209. The summed E-state index contributed by atoms with van der Waals surface area (Å²) in [6, 6.07) is 9.45. The largest absolute Gasteiger partial charge is 0.417 e. The second-order valence-corrected chi connectivity index (χ2v) is 6.59. The molecule has 1 aliphatic rings. The van der Waals surface area contributed by atoms with Crippen LogP contribution in [0, 0.1) is 5.41 Å². The number of benzene rings is 1. The molecular weight excluding hydrogens is 367 g/mol. The lowest BCUT2D eigenvalue weighted by molar-refractivity contribution is -0.138. The maximum atomic E-state index is 13.2. The van der Waals surface area contributed by atoms with Crippen molar-refractivity contribution in [2.75, 3.05) is 0 Å². The predicted octanol–water partition coefficient (Wildman–Crippen LogP) is 3.36. The number of nitrogens with zero attached hydrogens (tertiary/aromatic N) is 2. The number of carbonyl (C=O) groups excluding carboxylic acids is 2. The molecule has 1 aliphatic heterocycles. The zero-order valence-corrected chi connectivity index (χ0v) is 14.0. The van der Waals surface area contributed by atoms with Crippen LogP contribution in [-0.4, -0.2) is 32.0 Å². The average Bonchev–Trinajstić information content (AvgIpc) is 2.90. The highest BCUT2D eigenvalue weighted by atomic mass is 32.2. The van der Waals surface area contributed by atoms with E-state index in [1.807, 2.05) is 0 Å². The fourth-order valence-corrected chi connectivity index (χ4v) is 3.54. The van der Waals surface area contributed by atoms with Gasteiger partial charge in [-0.25, -0.2) is 0 Å². The Hall–Kier alpha value is -2.68. The second-order valence-electron chi connectivity index (χ2n) is 5.50. The number of aromatic nitrogens is 1. The molecule has 1 fully saturated rings. The van der Waals surface area contributed by atoms with Crippen LogP contribution in [0.1, 0.15) is 21.5 Å². The van der Waals surface area contributed by atoms with Gasteiger partial charge in [0, 0.05) is 18.9 Å². The van der Waals surface area contributed by atoms with E-state index in [9.17, 15) is 22.8 Å². The maximum absolute atomic E-state index is 13.2. The molecule has 1 aromatic heterocycles. The molecule has 2 heterocycles. The van der Waals surface area contributed by atoms with Gasteiger partial charge in [0.25, 0.3) is 5.91 Å². The van der Waals surface area contributed by atoms with Crippen molar-refractivity contribution in [1.82, 2.24) is 9.88 Å². The summed E-state index contributed by atoms with van der Waals surface area (Å²) in [7, 11) is 0. The summed E-state index contributed by atoms with van der Waals surface area (Å²) < 4.78 is 39.6. The highest BCUT2D eigenvalue weighted by Gasteiger charge is 2.44. The molecule has 0 aliphatic carbocycles. The average molecular weight is 379 g/mol. The lowest BCUT2D eigenvalue weighted by Crippen LogP contribution is -2.38. The fourth-order valence-electron chi connectivity index (χ4n) is 2.56. The molecule has 134 valence electrons. The maximum Gasteiger partial charge on any atom is 0.417 e. The molecule has 3 rings (SSSR count). The van der Waals surface area contributed by atoms with Crippen LogP contribution in [0.4, 0.5) is 13.2 Å². The van der Waals surface area contributed by atoms with Crippen molar-refractivity contribution in [2.45, 2.75) is 18.1 Å². The molecule has 0 spiro atoms. The second kappa shape index (κ2) is 6.91. The molecule has 9 heteroatoms. The molecule has 1 aromatic carbocycles. The van der Waals surface area contributed by atoms with Crippen molar-refractivity contribution in [1.29, 1.82) is 5.41 Å². The van der Waals surface area contributed by atoms with Crippen molar-refractivity contribution in [3.63, 3.8) is 0 Å². The van der Waals surface area contributed by atoms with Crippen LogP contribution in [0.3, 0.4) is 0 Å². The van der Waals surface area contributed by atoms with Crippen molar-refractivity contribution < 1.29 is 22.8 Å². The Balaban J connectivity index is 1.95. The van der Waals surface area contributed by atoms with Crippen LogP contribution >= 0.6 is 11.8 Å². The number of hydrogen-bond donors (Lipinski definition) is 1.